The first-order valence-corrected chi connectivity index (χ1v) is 10.1. The molecule has 5 rings (SSSR count). The largest absolute Gasteiger partial charge is 0.379 e. The number of nitrogens with zero attached hydrogens (tertiary/aromatic N) is 2. The van der Waals surface area contributed by atoms with Gasteiger partial charge in [-0.25, -0.2) is 0 Å². The molecule has 1 aromatic carbocycles. The van der Waals surface area contributed by atoms with E-state index in [4.69, 9.17) is 4.74 Å². The van der Waals surface area contributed by atoms with Crippen LogP contribution in [0.3, 0.4) is 0 Å². The fourth-order valence-electron chi connectivity index (χ4n) is 5.54. The third-order valence-corrected chi connectivity index (χ3v) is 7.03. The minimum atomic E-state index is -0.194. The van der Waals surface area contributed by atoms with E-state index >= 15 is 0 Å². The van der Waals surface area contributed by atoms with Gasteiger partial charge in [0.05, 0.1) is 30.7 Å². The van der Waals surface area contributed by atoms with Gasteiger partial charge in [0.25, 0.3) is 0 Å². The summed E-state index contributed by atoms with van der Waals surface area (Å²) in [5.41, 5.74) is 2.00. The molecular formula is C22H26N2O3. The number of benzene rings is 1. The van der Waals surface area contributed by atoms with Gasteiger partial charge in [0.15, 0.2) is 0 Å². The Labute approximate surface area is 160 Å². The molecule has 5 heteroatoms. The summed E-state index contributed by atoms with van der Waals surface area (Å²) in [6.07, 6.45) is 5.02. The van der Waals surface area contributed by atoms with E-state index in [9.17, 15) is 9.59 Å². The summed E-state index contributed by atoms with van der Waals surface area (Å²) < 4.78 is 5.50. The highest BCUT2D eigenvalue weighted by atomic mass is 16.5. The monoisotopic (exact) mass is 366 g/mol. The number of carbonyl (C=O) groups is 2. The Hall–Kier alpha value is -1.98. The number of hydrogen-bond donors (Lipinski definition) is 0. The first-order chi connectivity index (χ1) is 13.1. The number of fused-ring (bicyclic) bond motifs is 2. The summed E-state index contributed by atoms with van der Waals surface area (Å²) in [6, 6.07) is 9.71. The lowest BCUT2D eigenvalue weighted by molar-refractivity contribution is -0.123. The van der Waals surface area contributed by atoms with Gasteiger partial charge in [-0.15, -0.1) is 0 Å². The lowest BCUT2D eigenvalue weighted by atomic mass is 9.68. The van der Waals surface area contributed by atoms with Crippen LogP contribution >= 0.6 is 0 Å². The van der Waals surface area contributed by atoms with E-state index in [1.807, 2.05) is 30.3 Å². The van der Waals surface area contributed by atoms with Crippen LogP contribution in [-0.2, 0) is 14.3 Å². The van der Waals surface area contributed by atoms with E-state index in [1.165, 1.54) is 10.5 Å². The molecule has 0 aromatic heterocycles. The Morgan fingerprint density at radius 2 is 1.78 bits per heavy atom. The molecule has 1 aromatic rings. The van der Waals surface area contributed by atoms with E-state index in [0.717, 1.165) is 39.1 Å². The summed E-state index contributed by atoms with van der Waals surface area (Å²) in [5, 5.41) is 0. The molecule has 2 amide bonds. The first-order valence-electron chi connectivity index (χ1n) is 10.1. The summed E-state index contributed by atoms with van der Waals surface area (Å²) in [4.78, 5) is 30.4. The maximum Gasteiger partial charge on any atom is 0.238 e. The molecule has 2 saturated heterocycles. The van der Waals surface area contributed by atoms with Gasteiger partial charge in [0, 0.05) is 24.5 Å². The number of morpholine rings is 1. The van der Waals surface area contributed by atoms with Gasteiger partial charge in [0.2, 0.25) is 11.8 Å². The smallest absolute Gasteiger partial charge is 0.238 e. The Balaban J connectivity index is 1.46. The molecule has 4 aliphatic rings. The van der Waals surface area contributed by atoms with E-state index in [-0.39, 0.29) is 29.1 Å². The lowest BCUT2D eigenvalue weighted by Crippen LogP contribution is -2.47. The van der Waals surface area contributed by atoms with Crippen LogP contribution < -0.4 is 4.90 Å². The first kappa shape index (κ1) is 17.1. The van der Waals surface area contributed by atoms with Crippen LogP contribution in [0.25, 0.3) is 0 Å². The molecular weight excluding hydrogens is 340 g/mol. The second-order valence-corrected chi connectivity index (χ2v) is 8.31. The third-order valence-electron chi connectivity index (χ3n) is 7.03. The van der Waals surface area contributed by atoms with Crippen molar-refractivity contribution in [2.45, 2.75) is 32.2 Å². The number of anilines is 1. The number of imide groups is 1. The van der Waals surface area contributed by atoms with E-state index in [0.29, 0.717) is 18.2 Å². The Morgan fingerprint density at radius 1 is 1.07 bits per heavy atom. The highest BCUT2D eigenvalue weighted by Gasteiger charge is 2.65. The van der Waals surface area contributed by atoms with Crippen molar-refractivity contribution in [3.8, 4) is 0 Å². The van der Waals surface area contributed by atoms with Crippen molar-refractivity contribution in [3.05, 3.63) is 42.0 Å². The third kappa shape index (κ3) is 2.52. The van der Waals surface area contributed by atoms with Crippen LogP contribution in [0.15, 0.2) is 42.0 Å². The second-order valence-electron chi connectivity index (χ2n) is 8.31. The van der Waals surface area contributed by atoms with Gasteiger partial charge in [-0.2, -0.15) is 0 Å². The molecule has 3 fully saturated rings. The van der Waals surface area contributed by atoms with Crippen LogP contribution in [0, 0.1) is 17.3 Å². The van der Waals surface area contributed by atoms with Crippen LogP contribution in [-0.4, -0.2) is 49.1 Å². The number of para-hydroxylation sites is 1. The Bertz CT molecular complexity index is 793. The van der Waals surface area contributed by atoms with Gasteiger partial charge in [-0.1, -0.05) is 29.8 Å². The van der Waals surface area contributed by atoms with Gasteiger partial charge in [-0.3, -0.25) is 19.4 Å². The van der Waals surface area contributed by atoms with Crippen LogP contribution in [0.2, 0.25) is 0 Å². The maximum absolute atomic E-state index is 13.4. The van der Waals surface area contributed by atoms with E-state index in [1.54, 1.807) is 0 Å². The molecule has 2 heterocycles. The Morgan fingerprint density at radius 3 is 2.44 bits per heavy atom. The van der Waals surface area contributed by atoms with Crippen molar-refractivity contribution in [1.82, 2.24) is 4.90 Å². The number of amides is 2. The maximum atomic E-state index is 13.4. The molecule has 0 radical (unpaired) electrons. The molecule has 142 valence electrons. The van der Waals surface area contributed by atoms with Gasteiger partial charge in [-0.05, 0) is 38.3 Å². The van der Waals surface area contributed by atoms with E-state index in [2.05, 4.69) is 17.9 Å². The summed E-state index contributed by atoms with van der Waals surface area (Å²) in [6.45, 7) is 5.68. The molecule has 27 heavy (non-hydrogen) atoms. The number of rotatable bonds is 3. The van der Waals surface area contributed by atoms with Crippen molar-refractivity contribution < 1.29 is 14.3 Å². The minimum Gasteiger partial charge on any atom is -0.379 e. The second kappa shape index (κ2) is 6.28. The van der Waals surface area contributed by atoms with Gasteiger partial charge < -0.3 is 4.74 Å². The molecule has 1 saturated carbocycles. The zero-order chi connectivity index (χ0) is 18.6. The predicted molar refractivity (Wildman–Crippen MR) is 102 cm³/mol. The molecule has 0 N–H and O–H groups in total. The van der Waals surface area contributed by atoms with Crippen molar-refractivity contribution in [2.24, 2.45) is 17.3 Å². The molecule has 0 bridgehead atoms. The number of allylic oxidation sites excluding steroid dienone is 1. The number of hydrogen-bond acceptors (Lipinski definition) is 4. The zero-order valence-electron chi connectivity index (χ0n) is 15.8. The van der Waals surface area contributed by atoms with Crippen molar-refractivity contribution >= 4 is 17.5 Å². The lowest BCUT2D eigenvalue weighted by Gasteiger charge is -2.40. The average Bonchev–Trinajstić information content (AvgIpc) is 3.43. The van der Waals surface area contributed by atoms with E-state index < -0.39 is 0 Å². The molecule has 5 nitrogen and oxygen atoms in total. The molecule has 1 spiro atoms. The SMILES string of the molecule is CC(C1=CCC2C(=O)N(c3ccccc3)C(=O)C2C12CC2)N1CCOCC1. The number of carbonyl (C=O) groups excluding carboxylic acids is 2. The topological polar surface area (TPSA) is 49.9 Å². The fourth-order valence-corrected chi connectivity index (χ4v) is 5.54. The highest BCUT2D eigenvalue weighted by molar-refractivity contribution is 6.22. The van der Waals surface area contributed by atoms with Crippen LogP contribution in [0.1, 0.15) is 26.2 Å². The molecule has 3 atom stereocenters. The summed E-state index contributed by atoms with van der Waals surface area (Å²) >= 11 is 0. The van der Waals surface area contributed by atoms with Crippen molar-refractivity contribution in [1.29, 1.82) is 0 Å². The predicted octanol–water partition coefficient (Wildman–Crippen LogP) is 2.62. The quantitative estimate of drug-likeness (QED) is 0.610. The van der Waals surface area contributed by atoms with Crippen LogP contribution in [0.4, 0.5) is 5.69 Å². The summed E-state index contributed by atoms with van der Waals surface area (Å²) in [7, 11) is 0. The van der Waals surface area contributed by atoms with Crippen molar-refractivity contribution in [2.75, 3.05) is 31.2 Å². The molecule has 3 unspecified atom stereocenters. The normalized spacial score (nSPS) is 31.0. The number of ether oxygens (including phenoxy) is 1. The summed E-state index contributed by atoms with van der Waals surface area (Å²) in [5.74, 6) is -0.389. The van der Waals surface area contributed by atoms with Crippen LogP contribution in [0.5, 0.6) is 0 Å². The van der Waals surface area contributed by atoms with Gasteiger partial charge >= 0.3 is 0 Å². The average molecular weight is 366 g/mol. The minimum absolute atomic E-state index is 0.00785. The standard InChI is InChI=1S/C22H26N2O3/c1-15(23-11-13-27-14-12-23)18-8-7-17-19(22(18)9-10-22)21(26)24(20(17)25)16-5-3-2-4-6-16/h2-6,8,15,17,19H,7,9-14H2,1H3. The van der Waals surface area contributed by atoms with Gasteiger partial charge in [0.1, 0.15) is 0 Å². The fraction of sp³-hybridized carbons (Fsp3) is 0.545. The highest BCUT2D eigenvalue weighted by Crippen LogP contribution is 2.65. The molecule has 2 aliphatic heterocycles. The molecule has 2 aliphatic carbocycles. The zero-order valence-corrected chi connectivity index (χ0v) is 15.8. The Kier molecular flexibility index (Phi) is 3.99. The van der Waals surface area contributed by atoms with Crippen molar-refractivity contribution in [3.63, 3.8) is 0 Å².